The normalized spacial score (nSPS) is 11.4. The molecule has 0 spiro atoms. The van der Waals surface area contributed by atoms with Crippen LogP contribution in [0.3, 0.4) is 0 Å². The van der Waals surface area contributed by atoms with Gasteiger partial charge >= 0.3 is 11.9 Å². The molecule has 0 bridgehead atoms. The lowest BCUT2D eigenvalue weighted by atomic mass is 10.1. The third-order valence-corrected chi connectivity index (χ3v) is 3.22. The molecule has 0 saturated carbocycles. The van der Waals surface area contributed by atoms with Crippen LogP contribution >= 0.6 is 24.2 Å². The number of thioether (sulfide) groups is 1. The van der Waals surface area contributed by atoms with Crippen LogP contribution in [0, 0.1) is 0 Å². The molecule has 0 aliphatic heterocycles. The summed E-state index contributed by atoms with van der Waals surface area (Å²) in [6, 6.07) is -0.839. The SMILES string of the molecule is Cl.N[C@@H](CSCCCCCC(=O)C(=O)O)C(=O)O. The molecule has 1 atom stereocenters. The van der Waals surface area contributed by atoms with Gasteiger partial charge in [-0.05, 0) is 18.6 Å². The molecular weight excluding hydrogens is 282 g/mol. The Morgan fingerprint density at radius 3 is 2.22 bits per heavy atom. The van der Waals surface area contributed by atoms with Crippen LogP contribution in [-0.2, 0) is 14.4 Å². The number of halogens is 1. The molecule has 0 amide bonds. The van der Waals surface area contributed by atoms with E-state index in [9.17, 15) is 14.4 Å². The summed E-state index contributed by atoms with van der Waals surface area (Å²) in [6.45, 7) is 0. The number of carboxylic acid groups (broad SMARTS) is 2. The lowest BCUT2D eigenvalue weighted by Crippen LogP contribution is -2.32. The van der Waals surface area contributed by atoms with Gasteiger partial charge in [0.25, 0.3) is 0 Å². The van der Waals surface area contributed by atoms with Crippen molar-refractivity contribution in [2.45, 2.75) is 31.7 Å². The van der Waals surface area contributed by atoms with Crippen LogP contribution in [0.25, 0.3) is 0 Å². The number of hydrogen-bond donors (Lipinski definition) is 3. The number of carbonyl (C=O) groups is 3. The molecule has 6 nitrogen and oxygen atoms in total. The molecule has 0 aromatic heterocycles. The van der Waals surface area contributed by atoms with Gasteiger partial charge in [-0.1, -0.05) is 6.42 Å². The molecule has 106 valence electrons. The number of Topliss-reactive ketones (excluding diaryl/α,β-unsaturated/α-hetero) is 1. The zero-order valence-corrected chi connectivity index (χ0v) is 11.5. The van der Waals surface area contributed by atoms with Gasteiger partial charge in [0.1, 0.15) is 6.04 Å². The fourth-order valence-electron chi connectivity index (χ4n) is 1.05. The van der Waals surface area contributed by atoms with Crippen LogP contribution in [0.1, 0.15) is 25.7 Å². The molecular formula is C10H18ClNO5S. The zero-order valence-electron chi connectivity index (χ0n) is 9.83. The maximum atomic E-state index is 10.7. The Balaban J connectivity index is 0. The highest BCUT2D eigenvalue weighted by Gasteiger charge is 2.11. The lowest BCUT2D eigenvalue weighted by Gasteiger charge is -2.05. The number of rotatable bonds is 10. The highest BCUT2D eigenvalue weighted by Crippen LogP contribution is 2.08. The average molecular weight is 300 g/mol. The molecule has 0 rings (SSSR count). The highest BCUT2D eigenvalue weighted by atomic mass is 35.5. The molecule has 0 radical (unpaired) electrons. The van der Waals surface area contributed by atoms with E-state index in [1.165, 1.54) is 11.8 Å². The third-order valence-electron chi connectivity index (χ3n) is 2.05. The van der Waals surface area contributed by atoms with Crippen LogP contribution in [-0.4, -0.2) is 45.5 Å². The van der Waals surface area contributed by atoms with Gasteiger partial charge < -0.3 is 15.9 Å². The number of unbranched alkanes of at least 4 members (excludes halogenated alkanes) is 2. The van der Waals surface area contributed by atoms with E-state index in [-0.39, 0.29) is 18.8 Å². The minimum absolute atomic E-state index is 0. The fourth-order valence-corrected chi connectivity index (χ4v) is 2.03. The minimum Gasteiger partial charge on any atom is -0.480 e. The second kappa shape index (κ2) is 11.3. The highest BCUT2D eigenvalue weighted by molar-refractivity contribution is 7.99. The Bertz CT molecular complexity index is 287. The molecule has 0 saturated heterocycles. The summed E-state index contributed by atoms with van der Waals surface area (Å²) in [4.78, 5) is 31.3. The van der Waals surface area contributed by atoms with Gasteiger partial charge in [-0.15, -0.1) is 12.4 Å². The first-order valence-corrected chi connectivity index (χ1v) is 6.43. The Morgan fingerprint density at radius 1 is 1.11 bits per heavy atom. The van der Waals surface area contributed by atoms with Crippen LogP contribution < -0.4 is 5.73 Å². The number of aliphatic carboxylic acids is 2. The van der Waals surface area contributed by atoms with E-state index in [1.54, 1.807) is 0 Å². The molecule has 0 aromatic rings. The summed E-state index contributed by atoms with van der Waals surface area (Å²) in [5.74, 6) is -2.02. The molecule has 18 heavy (non-hydrogen) atoms. The van der Waals surface area contributed by atoms with Crippen LogP contribution in [0.4, 0.5) is 0 Å². The Labute approximate surface area is 116 Å². The third kappa shape index (κ3) is 10.4. The van der Waals surface area contributed by atoms with Gasteiger partial charge in [0.15, 0.2) is 0 Å². The maximum Gasteiger partial charge on any atom is 0.372 e. The number of ketones is 1. The Morgan fingerprint density at radius 2 is 1.72 bits per heavy atom. The van der Waals surface area contributed by atoms with Crippen molar-refractivity contribution in [1.29, 1.82) is 0 Å². The van der Waals surface area contributed by atoms with E-state index < -0.39 is 23.8 Å². The first-order valence-electron chi connectivity index (χ1n) is 5.27. The summed E-state index contributed by atoms with van der Waals surface area (Å²) in [6.07, 6.45) is 2.20. The number of nitrogens with two attached hydrogens (primary N) is 1. The van der Waals surface area contributed by atoms with Gasteiger partial charge in [-0.2, -0.15) is 11.8 Å². The molecule has 0 fully saturated rings. The second-order valence-electron chi connectivity index (χ2n) is 3.56. The summed E-state index contributed by atoms with van der Waals surface area (Å²) in [5, 5.41) is 16.8. The van der Waals surface area contributed by atoms with Crippen molar-refractivity contribution in [1.82, 2.24) is 0 Å². The topological polar surface area (TPSA) is 118 Å². The van der Waals surface area contributed by atoms with Crippen LogP contribution in [0.5, 0.6) is 0 Å². The predicted molar refractivity (Wildman–Crippen MR) is 71.3 cm³/mol. The standard InChI is InChI=1S/C10H17NO5S.ClH/c11-7(9(13)14)6-17-5-3-1-2-4-8(12)10(15)16;/h7H,1-6,11H2,(H,13,14)(H,15,16);1H/t7-;/m0./s1. The summed E-state index contributed by atoms with van der Waals surface area (Å²) in [5.41, 5.74) is 5.30. The molecule has 0 aromatic carbocycles. The van der Waals surface area contributed by atoms with Crippen LogP contribution in [0.2, 0.25) is 0 Å². The Hall–Kier alpha value is -0.790. The zero-order chi connectivity index (χ0) is 13.3. The molecule has 0 aliphatic carbocycles. The molecule has 4 N–H and O–H groups in total. The first kappa shape index (κ1) is 19.5. The van der Waals surface area contributed by atoms with Gasteiger partial charge in [-0.3, -0.25) is 9.59 Å². The summed E-state index contributed by atoms with van der Waals surface area (Å²) in [7, 11) is 0. The van der Waals surface area contributed by atoms with Crippen LogP contribution in [0.15, 0.2) is 0 Å². The van der Waals surface area contributed by atoms with E-state index in [2.05, 4.69) is 0 Å². The van der Waals surface area contributed by atoms with Crippen molar-refractivity contribution >= 4 is 41.9 Å². The summed E-state index contributed by atoms with van der Waals surface area (Å²) >= 11 is 1.45. The molecule has 8 heteroatoms. The minimum atomic E-state index is -1.38. The van der Waals surface area contributed by atoms with E-state index in [1.807, 2.05) is 0 Å². The van der Waals surface area contributed by atoms with Crippen molar-refractivity contribution in [3.05, 3.63) is 0 Å². The quantitative estimate of drug-likeness (QED) is 0.403. The van der Waals surface area contributed by atoms with E-state index in [4.69, 9.17) is 15.9 Å². The monoisotopic (exact) mass is 299 g/mol. The smallest absolute Gasteiger partial charge is 0.372 e. The first-order chi connectivity index (χ1) is 7.95. The van der Waals surface area contributed by atoms with Crippen molar-refractivity contribution in [3.8, 4) is 0 Å². The predicted octanol–water partition coefficient (Wildman–Crippen LogP) is 0.767. The van der Waals surface area contributed by atoms with E-state index in [0.717, 1.165) is 18.6 Å². The number of hydrogen-bond acceptors (Lipinski definition) is 5. The largest absolute Gasteiger partial charge is 0.480 e. The van der Waals surface area contributed by atoms with E-state index >= 15 is 0 Å². The molecule has 0 unspecified atom stereocenters. The average Bonchev–Trinajstić information content (AvgIpc) is 2.26. The Kier molecular flexibility index (Phi) is 12.3. The van der Waals surface area contributed by atoms with Gasteiger partial charge in [0.05, 0.1) is 0 Å². The molecule has 0 aliphatic rings. The van der Waals surface area contributed by atoms with Gasteiger partial charge in [0.2, 0.25) is 5.78 Å². The molecule has 0 heterocycles. The van der Waals surface area contributed by atoms with Gasteiger partial charge in [-0.25, -0.2) is 4.79 Å². The number of carbonyl (C=O) groups excluding carboxylic acids is 1. The van der Waals surface area contributed by atoms with Crippen molar-refractivity contribution in [2.75, 3.05) is 11.5 Å². The van der Waals surface area contributed by atoms with Crippen molar-refractivity contribution in [3.63, 3.8) is 0 Å². The van der Waals surface area contributed by atoms with Crippen molar-refractivity contribution in [2.24, 2.45) is 5.73 Å². The number of carboxylic acids is 2. The lowest BCUT2D eigenvalue weighted by molar-refractivity contribution is -0.149. The van der Waals surface area contributed by atoms with E-state index in [0.29, 0.717) is 12.2 Å². The van der Waals surface area contributed by atoms with Gasteiger partial charge in [0, 0.05) is 12.2 Å². The van der Waals surface area contributed by atoms with Crippen molar-refractivity contribution < 1.29 is 24.6 Å². The second-order valence-corrected chi connectivity index (χ2v) is 4.71. The fraction of sp³-hybridized carbons (Fsp3) is 0.700. The maximum absolute atomic E-state index is 10.7. The summed E-state index contributed by atoms with van der Waals surface area (Å²) < 4.78 is 0.